The Kier molecular flexibility index (Phi) is 2.87. The van der Waals surface area contributed by atoms with Gasteiger partial charge >= 0.3 is 0 Å². The SMILES string of the molecule is NCc1ccccc1Cn1ccc2ccccc21. The van der Waals surface area contributed by atoms with Crippen molar-refractivity contribution in [2.45, 2.75) is 13.1 Å². The van der Waals surface area contributed by atoms with E-state index in [1.165, 1.54) is 22.0 Å². The molecular weight excluding hydrogens is 220 g/mol. The minimum atomic E-state index is 0.593. The van der Waals surface area contributed by atoms with Crippen molar-refractivity contribution in [3.05, 3.63) is 71.9 Å². The summed E-state index contributed by atoms with van der Waals surface area (Å²) in [5.41, 5.74) is 9.56. The van der Waals surface area contributed by atoms with Crippen molar-refractivity contribution < 1.29 is 0 Å². The summed E-state index contributed by atoms with van der Waals surface area (Å²) in [6.45, 7) is 1.47. The fourth-order valence-electron chi connectivity index (χ4n) is 2.37. The van der Waals surface area contributed by atoms with Crippen LogP contribution in [0.2, 0.25) is 0 Å². The highest BCUT2D eigenvalue weighted by molar-refractivity contribution is 5.80. The summed E-state index contributed by atoms with van der Waals surface area (Å²) < 4.78 is 2.27. The van der Waals surface area contributed by atoms with Gasteiger partial charge in [0, 0.05) is 24.8 Å². The van der Waals surface area contributed by atoms with Crippen molar-refractivity contribution in [3.8, 4) is 0 Å². The van der Waals surface area contributed by atoms with Gasteiger partial charge in [-0.3, -0.25) is 0 Å². The summed E-state index contributed by atoms with van der Waals surface area (Å²) in [6.07, 6.45) is 2.14. The Balaban J connectivity index is 2.01. The van der Waals surface area contributed by atoms with Gasteiger partial charge in [0.2, 0.25) is 0 Å². The highest BCUT2D eigenvalue weighted by Crippen LogP contribution is 2.18. The van der Waals surface area contributed by atoms with Gasteiger partial charge in [0.15, 0.2) is 0 Å². The quantitative estimate of drug-likeness (QED) is 0.744. The zero-order chi connectivity index (χ0) is 12.4. The lowest BCUT2D eigenvalue weighted by atomic mass is 10.1. The predicted molar refractivity (Wildman–Crippen MR) is 75.4 cm³/mol. The van der Waals surface area contributed by atoms with Crippen molar-refractivity contribution in [1.82, 2.24) is 4.57 Å². The Morgan fingerprint density at radius 2 is 1.56 bits per heavy atom. The van der Waals surface area contributed by atoms with Crippen molar-refractivity contribution in [2.24, 2.45) is 5.73 Å². The molecule has 0 fully saturated rings. The second-order valence-corrected chi connectivity index (χ2v) is 4.48. The molecule has 90 valence electrons. The molecule has 0 atom stereocenters. The normalized spacial score (nSPS) is 10.9. The van der Waals surface area contributed by atoms with Gasteiger partial charge in [-0.15, -0.1) is 0 Å². The lowest BCUT2D eigenvalue weighted by Crippen LogP contribution is -2.05. The van der Waals surface area contributed by atoms with Gasteiger partial charge in [0.1, 0.15) is 0 Å². The molecule has 0 saturated carbocycles. The molecule has 0 aliphatic carbocycles. The predicted octanol–water partition coefficient (Wildman–Crippen LogP) is 3.15. The topological polar surface area (TPSA) is 30.9 Å². The summed E-state index contributed by atoms with van der Waals surface area (Å²) in [4.78, 5) is 0. The number of hydrogen-bond acceptors (Lipinski definition) is 1. The van der Waals surface area contributed by atoms with Gasteiger partial charge < -0.3 is 10.3 Å². The number of rotatable bonds is 3. The largest absolute Gasteiger partial charge is 0.343 e. The molecule has 0 amide bonds. The lowest BCUT2D eigenvalue weighted by molar-refractivity contribution is 0.820. The maximum atomic E-state index is 5.78. The summed E-state index contributed by atoms with van der Waals surface area (Å²) in [6, 6.07) is 19.0. The van der Waals surface area contributed by atoms with Gasteiger partial charge in [0.05, 0.1) is 0 Å². The van der Waals surface area contributed by atoms with E-state index in [2.05, 4.69) is 59.3 Å². The minimum absolute atomic E-state index is 0.593. The molecule has 0 radical (unpaired) electrons. The number of hydrogen-bond donors (Lipinski definition) is 1. The van der Waals surface area contributed by atoms with Crippen LogP contribution in [0.1, 0.15) is 11.1 Å². The van der Waals surface area contributed by atoms with E-state index >= 15 is 0 Å². The monoisotopic (exact) mass is 236 g/mol. The highest BCUT2D eigenvalue weighted by atomic mass is 14.9. The Morgan fingerprint density at radius 3 is 2.39 bits per heavy atom. The zero-order valence-electron chi connectivity index (χ0n) is 10.2. The Morgan fingerprint density at radius 1 is 0.833 bits per heavy atom. The van der Waals surface area contributed by atoms with Crippen LogP contribution in [0.5, 0.6) is 0 Å². The molecule has 18 heavy (non-hydrogen) atoms. The molecule has 0 bridgehead atoms. The van der Waals surface area contributed by atoms with Crippen LogP contribution in [0.15, 0.2) is 60.8 Å². The third-order valence-corrected chi connectivity index (χ3v) is 3.36. The molecule has 0 aliphatic rings. The van der Waals surface area contributed by atoms with Crippen LogP contribution < -0.4 is 5.73 Å². The van der Waals surface area contributed by atoms with Crippen molar-refractivity contribution in [1.29, 1.82) is 0 Å². The van der Waals surface area contributed by atoms with E-state index in [1.807, 2.05) is 6.07 Å². The first-order chi connectivity index (χ1) is 8.88. The van der Waals surface area contributed by atoms with Crippen molar-refractivity contribution in [3.63, 3.8) is 0 Å². The van der Waals surface area contributed by atoms with Crippen LogP contribution in [0.4, 0.5) is 0 Å². The standard InChI is InChI=1S/C16H16N2/c17-11-14-6-1-2-7-15(14)12-18-10-9-13-5-3-4-8-16(13)18/h1-10H,11-12,17H2. The minimum Gasteiger partial charge on any atom is -0.343 e. The number of nitrogens with two attached hydrogens (primary N) is 1. The molecule has 2 heteroatoms. The average molecular weight is 236 g/mol. The first-order valence-corrected chi connectivity index (χ1v) is 6.19. The second kappa shape index (κ2) is 4.67. The second-order valence-electron chi connectivity index (χ2n) is 4.48. The van der Waals surface area contributed by atoms with E-state index in [4.69, 9.17) is 5.73 Å². The third-order valence-electron chi connectivity index (χ3n) is 3.36. The number of benzene rings is 2. The van der Waals surface area contributed by atoms with Crippen molar-refractivity contribution in [2.75, 3.05) is 0 Å². The van der Waals surface area contributed by atoms with Crippen LogP contribution in [0.25, 0.3) is 10.9 Å². The van der Waals surface area contributed by atoms with Gasteiger partial charge in [0.25, 0.3) is 0 Å². The molecule has 3 rings (SSSR count). The van der Waals surface area contributed by atoms with Gasteiger partial charge in [-0.2, -0.15) is 0 Å². The van der Waals surface area contributed by atoms with Crippen molar-refractivity contribution >= 4 is 10.9 Å². The van der Waals surface area contributed by atoms with Crippen LogP contribution >= 0.6 is 0 Å². The van der Waals surface area contributed by atoms with E-state index in [1.54, 1.807) is 0 Å². The zero-order valence-corrected chi connectivity index (χ0v) is 10.2. The Bertz CT molecular complexity index is 667. The van der Waals surface area contributed by atoms with Gasteiger partial charge in [-0.1, -0.05) is 42.5 Å². The fraction of sp³-hybridized carbons (Fsp3) is 0.125. The maximum absolute atomic E-state index is 5.78. The van der Waals surface area contributed by atoms with Crippen LogP contribution in [-0.2, 0) is 13.1 Å². The van der Waals surface area contributed by atoms with Gasteiger partial charge in [-0.25, -0.2) is 0 Å². The van der Waals surface area contributed by atoms with E-state index in [0.29, 0.717) is 6.54 Å². The summed E-state index contributed by atoms with van der Waals surface area (Å²) in [5.74, 6) is 0. The first kappa shape index (κ1) is 11.1. The molecule has 0 spiro atoms. The van der Waals surface area contributed by atoms with Gasteiger partial charge in [-0.05, 0) is 28.6 Å². The molecular formula is C16H16N2. The fourth-order valence-corrected chi connectivity index (χ4v) is 2.37. The molecule has 0 saturated heterocycles. The number of nitrogens with zero attached hydrogens (tertiary/aromatic N) is 1. The van der Waals surface area contributed by atoms with E-state index in [0.717, 1.165) is 6.54 Å². The Hall–Kier alpha value is -2.06. The van der Waals surface area contributed by atoms with Crippen LogP contribution in [-0.4, -0.2) is 4.57 Å². The molecule has 1 aromatic heterocycles. The molecule has 0 aliphatic heterocycles. The van der Waals surface area contributed by atoms with E-state index in [-0.39, 0.29) is 0 Å². The molecule has 2 aromatic carbocycles. The molecule has 2 nitrogen and oxygen atoms in total. The lowest BCUT2D eigenvalue weighted by Gasteiger charge is -2.09. The Labute approximate surface area is 107 Å². The smallest absolute Gasteiger partial charge is 0.0483 e. The summed E-state index contributed by atoms with van der Waals surface area (Å²) in [5, 5.41) is 1.28. The van der Waals surface area contributed by atoms with E-state index in [9.17, 15) is 0 Å². The van der Waals surface area contributed by atoms with Crippen LogP contribution in [0, 0.1) is 0 Å². The average Bonchev–Trinajstić information content (AvgIpc) is 2.83. The summed E-state index contributed by atoms with van der Waals surface area (Å²) >= 11 is 0. The molecule has 3 aromatic rings. The molecule has 2 N–H and O–H groups in total. The maximum Gasteiger partial charge on any atom is 0.0483 e. The van der Waals surface area contributed by atoms with Crippen LogP contribution in [0.3, 0.4) is 0 Å². The van der Waals surface area contributed by atoms with E-state index < -0.39 is 0 Å². The third kappa shape index (κ3) is 1.91. The molecule has 0 unspecified atom stereocenters. The highest BCUT2D eigenvalue weighted by Gasteiger charge is 2.03. The first-order valence-electron chi connectivity index (χ1n) is 6.19. The molecule has 1 heterocycles. The summed E-state index contributed by atoms with van der Waals surface area (Å²) in [7, 11) is 0. The number of para-hydroxylation sites is 1. The number of fused-ring (bicyclic) bond motifs is 1. The number of aromatic nitrogens is 1.